The molecule has 0 bridgehead atoms. The smallest absolute Gasteiger partial charge is 0.100 e. The summed E-state index contributed by atoms with van der Waals surface area (Å²) in [6.07, 6.45) is 8.29. The Labute approximate surface area is 100 Å². The third kappa shape index (κ3) is 1.55. The van der Waals surface area contributed by atoms with Crippen LogP contribution in [0, 0.1) is 11.3 Å². The third-order valence-corrected chi connectivity index (χ3v) is 3.18. The van der Waals surface area contributed by atoms with Crippen molar-refractivity contribution in [2.24, 2.45) is 0 Å². The number of benzene rings is 2. The molecule has 2 aromatic carbocycles. The molecule has 0 unspecified atom stereocenters. The summed E-state index contributed by atoms with van der Waals surface area (Å²) >= 11 is 0. The second-order valence-corrected chi connectivity index (χ2v) is 4.16. The molecule has 3 rings (SSSR count). The van der Waals surface area contributed by atoms with Gasteiger partial charge in [0.25, 0.3) is 0 Å². The van der Waals surface area contributed by atoms with Crippen LogP contribution in [-0.4, -0.2) is 0 Å². The van der Waals surface area contributed by atoms with E-state index in [4.69, 9.17) is 0 Å². The molecule has 0 amide bonds. The van der Waals surface area contributed by atoms with Gasteiger partial charge < -0.3 is 0 Å². The zero-order valence-corrected chi connectivity index (χ0v) is 9.30. The molecular formula is C16H11N. The molecule has 0 atom stereocenters. The lowest BCUT2D eigenvalue weighted by molar-refractivity contribution is 1.10. The SMILES string of the molecule is N#Cc1c(C2C=CC=C2)ccc2ccccc12. The number of nitriles is 1. The van der Waals surface area contributed by atoms with Crippen molar-refractivity contribution in [1.29, 1.82) is 5.26 Å². The van der Waals surface area contributed by atoms with Gasteiger partial charge in [-0.2, -0.15) is 5.26 Å². The molecule has 0 saturated carbocycles. The van der Waals surface area contributed by atoms with E-state index in [1.807, 2.05) is 36.4 Å². The maximum atomic E-state index is 9.38. The summed E-state index contributed by atoms with van der Waals surface area (Å²) < 4.78 is 0. The summed E-state index contributed by atoms with van der Waals surface area (Å²) in [5.41, 5.74) is 1.89. The van der Waals surface area contributed by atoms with Crippen LogP contribution in [0.25, 0.3) is 10.8 Å². The van der Waals surface area contributed by atoms with Gasteiger partial charge >= 0.3 is 0 Å². The van der Waals surface area contributed by atoms with Gasteiger partial charge in [0.15, 0.2) is 0 Å². The number of nitrogens with zero attached hydrogens (tertiary/aromatic N) is 1. The molecule has 0 saturated heterocycles. The van der Waals surface area contributed by atoms with Crippen LogP contribution in [0.15, 0.2) is 60.7 Å². The van der Waals surface area contributed by atoms with Crippen molar-refractivity contribution in [2.45, 2.75) is 5.92 Å². The molecule has 17 heavy (non-hydrogen) atoms. The Morgan fingerprint density at radius 2 is 1.71 bits per heavy atom. The second kappa shape index (κ2) is 3.92. The highest BCUT2D eigenvalue weighted by Gasteiger charge is 2.14. The second-order valence-electron chi connectivity index (χ2n) is 4.16. The van der Waals surface area contributed by atoms with Gasteiger partial charge in [0, 0.05) is 5.92 Å². The fourth-order valence-corrected chi connectivity index (χ4v) is 2.33. The molecule has 2 aromatic rings. The first-order valence-corrected chi connectivity index (χ1v) is 5.67. The number of fused-ring (bicyclic) bond motifs is 1. The Kier molecular flexibility index (Phi) is 2.27. The molecule has 0 N–H and O–H groups in total. The van der Waals surface area contributed by atoms with Gasteiger partial charge in [0.05, 0.1) is 5.56 Å². The number of hydrogen-bond acceptors (Lipinski definition) is 1. The van der Waals surface area contributed by atoms with E-state index < -0.39 is 0 Å². The number of rotatable bonds is 1. The Balaban J connectivity index is 2.30. The highest BCUT2D eigenvalue weighted by molar-refractivity contribution is 5.89. The first-order chi connectivity index (χ1) is 8.40. The molecule has 0 aliphatic heterocycles. The van der Waals surface area contributed by atoms with Gasteiger partial charge in [-0.15, -0.1) is 0 Å². The monoisotopic (exact) mass is 217 g/mol. The zero-order chi connectivity index (χ0) is 11.7. The van der Waals surface area contributed by atoms with E-state index in [-0.39, 0.29) is 5.92 Å². The fourth-order valence-electron chi connectivity index (χ4n) is 2.33. The van der Waals surface area contributed by atoms with Gasteiger partial charge in [-0.3, -0.25) is 0 Å². The van der Waals surface area contributed by atoms with Gasteiger partial charge in [-0.1, -0.05) is 60.7 Å². The molecule has 1 aliphatic carbocycles. The fraction of sp³-hybridized carbons (Fsp3) is 0.0625. The minimum Gasteiger partial charge on any atom is -0.192 e. The first-order valence-electron chi connectivity index (χ1n) is 5.67. The molecule has 0 aromatic heterocycles. The van der Waals surface area contributed by atoms with Gasteiger partial charge in [0.1, 0.15) is 6.07 Å². The molecule has 1 nitrogen and oxygen atoms in total. The predicted molar refractivity (Wildman–Crippen MR) is 69.7 cm³/mol. The quantitative estimate of drug-likeness (QED) is 0.710. The normalized spacial score (nSPS) is 14.3. The van der Waals surface area contributed by atoms with Crippen molar-refractivity contribution in [3.8, 4) is 6.07 Å². The topological polar surface area (TPSA) is 23.8 Å². The lowest BCUT2D eigenvalue weighted by Crippen LogP contribution is -1.95. The van der Waals surface area contributed by atoms with Crippen LogP contribution in [0.1, 0.15) is 17.0 Å². The zero-order valence-electron chi connectivity index (χ0n) is 9.30. The van der Waals surface area contributed by atoms with Crippen LogP contribution in [0.3, 0.4) is 0 Å². The maximum absolute atomic E-state index is 9.38. The van der Waals surface area contributed by atoms with Crippen molar-refractivity contribution in [3.05, 3.63) is 71.8 Å². The van der Waals surface area contributed by atoms with E-state index in [2.05, 4.69) is 30.4 Å². The molecule has 1 aliphatic rings. The van der Waals surface area contributed by atoms with E-state index in [0.717, 1.165) is 21.9 Å². The van der Waals surface area contributed by atoms with Crippen molar-refractivity contribution >= 4 is 10.8 Å². The average Bonchev–Trinajstić information content (AvgIpc) is 2.91. The van der Waals surface area contributed by atoms with E-state index in [1.54, 1.807) is 0 Å². The molecule has 0 spiro atoms. The van der Waals surface area contributed by atoms with Crippen LogP contribution >= 0.6 is 0 Å². The van der Waals surface area contributed by atoms with Gasteiger partial charge in [-0.25, -0.2) is 0 Å². The van der Waals surface area contributed by atoms with E-state index >= 15 is 0 Å². The van der Waals surface area contributed by atoms with Crippen LogP contribution < -0.4 is 0 Å². The minimum atomic E-state index is 0.245. The molecule has 1 heteroatoms. The van der Waals surface area contributed by atoms with Gasteiger partial charge in [-0.05, 0) is 16.3 Å². The van der Waals surface area contributed by atoms with Crippen LogP contribution in [0.4, 0.5) is 0 Å². The minimum absolute atomic E-state index is 0.245. The molecule has 0 radical (unpaired) electrons. The van der Waals surface area contributed by atoms with Crippen molar-refractivity contribution < 1.29 is 0 Å². The number of allylic oxidation sites excluding steroid dienone is 4. The Morgan fingerprint density at radius 3 is 2.47 bits per heavy atom. The highest BCUT2D eigenvalue weighted by atomic mass is 14.3. The Bertz CT molecular complexity index is 659. The van der Waals surface area contributed by atoms with Crippen molar-refractivity contribution in [1.82, 2.24) is 0 Å². The van der Waals surface area contributed by atoms with E-state index in [0.29, 0.717) is 0 Å². The molecule has 0 heterocycles. The van der Waals surface area contributed by atoms with E-state index in [1.165, 1.54) is 0 Å². The Hall–Kier alpha value is -2.33. The largest absolute Gasteiger partial charge is 0.192 e. The predicted octanol–water partition coefficient (Wildman–Crippen LogP) is 3.92. The molecule has 80 valence electrons. The summed E-state index contributed by atoms with van der Waals surface area (Å²) in [7, 11) is 0. The average molecular weight is 217 g/mol. The molecule has 0 fully saturated rings. The van der Waals surface area contributed by atoms with Gasteiger partial charge in [0.2, 0.25) is 0 Å². The lowest BCUT2D eigenvalue weighted by atomic mass is 9.92. The van der Waals surface area contributed by atoms with Crippen LogP contribution in [-0.2, 0) is 0 Å². The van der Waals surface area contributed by atoms with Crippen molar-refractivity contribution in [3.63, 3.8) is 0 Å². The summed E-state index contributed by atoms with van der Waals surface area (Å²) in [4.78, 5) is 0. The summed E-state index contributed by atoms with van der Waals surface area (Å²) in [5.74, 6) is 0.245. The highest BCUT2D eigenvalue weighted by Crippen LogP contribution is 2.30. The summed E-state index contributed by atoms with van der Waals surface area (Å²) in [5, 5.41) is 11.5. The van der Waals surface area contributed by atoms with Crippen LogP contribution in [0.5, 0.6) is 0 Å². The Morgan fingerprint density at radius 1 is 0.941 bits per heavy atom. The third-order valence-electron chi connectivity index (χ3n) is 3.18. The molecular weight excluding hydrogens is 206 g/mol. The summed E-state index contributed by atoms with van der Waals surface area (Å²) in [6.45, 7) is 0. The standard InChI is InChI=1S/C16H11N/c17-11-16-14-8-4-3-7-13(14)9-10-15(16)12-5-1-2-6-12/h1-10,12H. The maximum Gasteiger partial charge on any atom is 0.100 e. The number of hydrogen-bond donors (Lipinski definition) is 0. The first kappa shape index (κ1) is 9.86. The van der Waals surface area contributed by atoms with Crippen LogP contribution in [0.2, 0.25) is 0 Å². The summed E-state index contributed by atoms with van der Waals surface area (Å²) in [6, 6.07) is 14.5. The lowest BCUT2D eigenvalue weighted by Gasteiger charge is -2.10. The van der Waals surface area contributed by atoms with E-state index in [9.17, 15) is 5.26 Å². The van der Waals surface area contributed by atoms with Crippen molar-refractivity contribution in [2.75, 3.05) is 0 Å².